The molecule has 138 valence electrons. The molecular weight excluding hydrogens is 324 g/mol. The molecule has 0 aromatic heterocycles. The maximum atomic E-state index is 11.4. The fraction of sp³-hybridized carbons (Fsp3) is 0.348. The third-order valence-electron chi connectivity index (χ3n) is 4.72. The van der Waals surface area contributed by atoms with E-state index >= 15 is 0 Å². The van der Waals surface area contributed by atoms with E-state index in [-0.39, 0.29) is 18.0 Å². The Balaban J connectivity index is 2.03. The molecule has 0 radical (unpaired) electrons. The molecule has 3 heteroatoms. The van der Waals surface area contributed by atoms with Crippen molar-refractivity contribution in [3.8, 4) is 0 Å². The molecule has 2 aromatic carbocycles. The largest absolute Gasteiger partial charge is 0.462 e. The quantitative estimate of drug-likeness (QED) is 0.572. The Morgan fingerprint density at radius 2 is 1.42 bits per heavy atom. The molecule has 0 unspecified atom stereocenters. The molecule has 0 amide bonds. The minimum absolute atomic E-state index is 0.108. The third kappa shape index (κ3) is 5.06. The summed E-state index contributed by atoms with van der Waals surface area (Å²) >= 11 is 0. The monoisotopic (exact) mass is 352 g/mol. The predicted molar refractivity (Wildman–Crippen MR) is 105 cm³/mol. The van der Waals surface area contributed by atoms with E-state index in [1.54, 1.807) is 6.92 Å². The summed E-state index contributed by atoms with van der Waals surface area (Å²) in [6, 6.07) is 16.9. The van der Waals surface area contributed by atoms with Gasteiger partial charge in [-0.05, 0) is 35.6 Å². The number of benzene rings is 2. The maximum Gasteiger partial charge on any atom is 0.333 e. The summed E-state index contributed by atoms with van der Waals surface area (Å²) in [4.78, 5) is 11.4. The van der Waals surface area contributed by atoms with Crippen LogP contribution in [0.4, 0.5) is 0 Å². The minimum atomic E-state index is -0.340. The van der Waals surface area contributed by atoms with Crippen LogP contribution in [-0.4, -0.2) is 24.3 Å². The van der Waals surface area contributed by atoms with Gasteiger partial charge in [-0.2, -0.15) is 0 Å². The van der Waals surface area contributed by atoms with Crippen LogP contribution in [0.3, 0.4) is 0 Å². The van der Waals surface area contributed by atoms with Gasteiger partial charge in [0.1, 0.15) is 0 Å². The van der Waals surface area contributed by atoms with E-state index in [1.165, 1.54) is 11.1 Å². The van der Waals surface area contributed by atoms with Crippen LogP contribution in [-0.2, 0) is 27.8 Å². The van der Waals surface area contributed by atoms with Crippen molar-refractivity contribution in [3.05, 3.63) is 82.9 Å². The van der Waals surface area contributed by atoms with Gasteiger partial charge in [0.05, 0.1) is 6.61 Å². The van der Waals surface area contributed by atoms with Gasteiger partial charge in [0, 0.05) is 24.0 Å². The highest BCUT2D eigenvalue weighted by molar-refractivity contribution is 5.86. The van der Waals surface area contributed by atoms with Crippen molar-refractivity contribution >= 4 is 5.97 Å². The van der Waals surface area contributed by atoms with E-state index in [0.29, 0.717) is 25.0 Å². The summed E-state index contributed by atoms with van der Waals surface area (Å²) in [6.45, 7) is 10.2. The molecule has 0 spiro atoms. The van der Waals surface area contributed by atoms with E-state index in [0.717, 1.165) is 11.1 Å². The van der Waals surface area contributed by atoms with Crippen molar-refractivity contribution in [2.24, 2.45) is 0 Å². The van der Waals surface area contributed by atoms with Gasteiger partial charge in [0.15, 0.2) is 0 Å². The molecule has 0 aliphatic heterocycles. The zero-order valence-electron chi connectivity index (χ0n) is 15.9. The molecular formula is C23H28O3. The van der Waals surface area contributed by atoms with Gasteiger partial charge < -0.3 is 9.84 Å². The van der Waals surface area contributed by atoms with Crippen molar-refractivity contribution in [3.63, 3.8) is 0 Å². The van der Waals surface area contributed by atoms with Crippen LogP contribution in [0.25, 0.3) is 0 Å². The van der Waals surface area contributed by atoms with Crippen LogP contribution in [0.1, 0.15) is 43.0 Å². The number of esters is 1. The Morgan fingerprint density at radius 3 is 1.85 bits per heavy atom. The summed E-state index contributed by atoms with van der Waals surface area (Å²) in [6.07, 6.45) is 1.38. The number of aliphatic hydroxyl groups excluding tert-OH is 1. The summed E-state index contributed by atoms with van der Waals surface area (Å²) in [7, 11) is 0. The van der Waals surface area contributed by atoms with Crippen molar-refractivity contribution in [1.29, 1.82) is 0 Å². The second-order valence-corrected chi connectivity index (χ2v) is 7.16. The summed E-state index contributed by atoms with van der Waals surface area (Å²) < 4.78 is 5.15. The van der Waals surface area contributed by atoms with Crippen LogP contribution in [0.2, 0.25) is 0 Å². The van der Waals surface area contributed by atoms with Crippen LogP contribution >= 0.6 is 0 Å². The molecule has 3 nitrogen and oxygen atoms in total. The highest BCUT2D eigenvalue weighted by atomic mass is 16.5. The molecule has 2 aromatic rings. The summed E-state index contributed by atoms with van der Waals surface area (Å²) in [5, 5.41) is 9.04. The lowest BCUT2D eigenvalue weighted by Gasteiger charge is -2.26. The lowest BCUT2D eigenvalue weighted by atomic mass is 9.77. The molecule has 26 heavy (non-hydrogen) atoms. The first kappa shape index (κ1) is 19.9. The number of ether oxygens (including phenoxy) is 1. The molecule has 0 aliphatic carbocycles. The summed E-state index contributed by atoms with van der Waals surface area (Å²) in [5.74, 6) is -0.340. The highest BCUT2D eigenvalue weighted by Crippen LogP contribution is 2.31. The van der Waals surface area contributed by atoms with Crippen LogP contribution in [0, 0.1) is 0 Å². The van der Waals surface area contributed by atoms with Gasteiger partial charge in [0.25, 0.3) is 0 Å². The number of rotatable bonds is 8. The first-order valence-corrected chi connectivity index (χ1v) is 8.97. The lowest BCUT2D eigenvalue weighted by Crippen LogP contribution is -2.19. The van der Waals surface area contributed by atoms with Crippen molar-refractivity contribution in [2.45, 2.75) is 39.0 Å². The number of hydrogen-bond donors (Lipinski definition) is 1. The van der Waals surface area contributed by atoms with E-state index in [2.05, 4.69) is 69.0 Å². The molecule has 0 saturated heterocycles. The van der Waals surface area contributed by atoms with E-state index in [1.807, 2.05) is 0 Å². The van der Waals surface area contributed by atoms with Crippen LogP contribution in [0.5, 0.6) is 0 Å². The van der Waals surface area contributed by atoms with Gasteiger partial charge in [-0.1, -0.05) is 69.0 Å². The van der Waals surface area contributed by atoms with Gasteiger partial charge in [-0.15, -0.1) is 0 Å². The van der Waals surface area contributed by atoms with Crippen molar-refractivity contribution in [2.75, 3.05) is 13.2 Å². The molecule has 0 aliphatic rings. The van der Waals surface area contributed by atoms with E-state index in [4.69, 9.17) is 9.84 Å². The number of carbonyl (C=O) groups excluding carboxylic acids is 1. The Morgan fingerprint density at radius 1 is 0.962 bits per heavy atom. The van der Waals surface area contributed by atoms with Crippen LogP contribution in [0.15, 0.2) is 60.7 Å². The van der Waals surface area contributed by atoms with E-state index in [9.17, 15) is 4.79 Å². The smallest absolute Gasteiger partial charge is 0.333 e. The Labute approximate surface area is 156 Å². The SMILES string of the molecule is C=C(C)C(=O)OCCc1ccc(C(C)(C)c2ccc(CCO)cc2)cc1. The molecule has 0 bridgehead atoms. The molecule has 1 N–H and O–H groups in total. The Bertz CT molecular complexity index is 740. The van der Waals surface area contributed by atoms with E-state index < -0.39 is 0 Å². The second-order valence-electron chi connectivity index (χ2n) is 7.16. The first-order valence-electron chi connectivity index (χ1n) is 8.97. The zero-order chi connectivity index (χ0) is 19.2. The maximum absolute atomic E-state index is 11.4. The standard InChI is InChI=1S/C23H28O3/c1-17(2)22(25)26-16-14-19-7-11-21(12-8-19)23(3,4)20-9-5-18(6-10-20)13-15-24/h5-12,24H,1,13-16H2,2-4H3. The Hall–Kier alpha value is -2.39. The Kier molecular flexibility index (Phi) is 6.76. The van der Waals surface area contributed by atoms with Crippen molar-refractivity contribution < 1.29 is 14.6 Å². The van der Waals surface area contributed by atoms with Gasteiger partial charge in [0.2, 0.25) is 0 Å². The number of aliphatic hydroxyl groups is 1. The number of hydrogen-bond acceptors (Lipinski definition) is 3. The second kappa shape index (κ2) is 8.81. The fourth-order valence-electron chi connectivity index (χ4n) is 2.86. The lowest BCUT2D eigenvalue weighted by molar-refractivity contribution is -0.138. The highest BCUT2D eigenvalue weighted by Gasteiger charge is 2.22. The third-order valence-corrected chi connectivity index (χ3v) is 4.72. The van der Waals surface area contributed by atoms with Crippen LogP contribution < -0.4 is 0 Å². The molecule has 2 rings (SSSR count). The molecule has 0 fully saturated rings. The predicted octanol–water partition coefficient (Wildman–Crippen LogP) is 4.21. The average molecular weight is 352 g/mol. The minimum Gasteiger partial charge on any atom is -0.462 e. The molecule has 0 atom stereocenters. The average Bonchev–Trinajstić information content (AvgIpc) is 2.62. The van der Waals surface area contributed by atoms with Gasteiger partial charge >= 0.3 is 5.97 Å². The van der Waals surface area contributed by atoms with Crippen molar-refractivity contribution in [1.82, 2.24) is 0 Å². The first-order chi connectivity index (χ1) is 12.3. The molecule has 0 heterocycles. The topological polar surface area (TPSA) is 46.5 Å². The number of carbonyl (C=O) groups is 1. The van der Waals surface area contributed by atoms with Gasteiger partial charge in [-0.3, -0.25) is 0 Å². The fourth-order valence-corrected chi connectivity index (χ4v) is 2.86. The summed E-state index contributed by atoms with van der Waals surface area (Å²) in [5.41, 5.74) is 5.07. The normalized spacial score (nSPS) is 11.2. The molecule has 0 saturated carbocycles. The van der Waals surface area contributed by atoms with Gasteiger partial charge in [-0.25, -0.2) is 4.79 Å². The zero-order valence-corrected chi connectivity index (χ0v) is 15.9.